The third-order valence-corrected chi connectivity index (χ3v) is 2.36. The van der Waals surface area contributed by atoms with Gasteiger partial charge in [-0.2, -0.15) is 5.26 Å². The summed E-state index contributed by atoms with van der Waals surface area (Å²) in [5.41, 5.74) is 0.592. The maximum Gasteiger partial charge on any atom is 0.251 e. The van der Waals surface area contributed by atoms with Crippen molar-refractivity contribution in [1.82, 2.24) is 5.32 Å². The smallest absolute Gasteiger partial charge is 0.251 e. The highest BCUT2D eigenvalue weighted by molar-refractivity contribution is 9.10. The maximum atomic E-state index is 11.6. The number of nitrogens with one attached hydrogen (secondary N) is 1. The second-order valence-corrected chi connectivity index (χ2v) is 4.16. The van der Waals surface area contributed by atoms with Gasteiger partial charge >= 0.3 is 0 Å². The highest BCUT2D eigenvalue weighted by atomic mass is 79.9. The number of amides is 1. The molecule has 0 heterocycles. The molecule has 1 amide bonds. The standard InChI is InChI=1S/C11H11BrN2O/c1-8(5-6-13)14-11(15)9-3-2-4-10(12)7-9/h2-4,7-8H,5H2,1H3,(H,14,15). The first-order valence-electron chi connectivity index (χ1n) is 4.57. The van der Waals surface area contributed by atoms with Crippen molar-refractivity contribution < 1.29 is 4.79 Å². The van der Waals surface area contributed by atoms with Crippen molar-refractivity contribution in [2.24, 2.45) is 0 Å². The van der Waals surface area contributed by atoms with E-state index in [0.717, 1.165) is 4.47 Å². The van der Waals surface area contributed by atoms with Crippen molar-refractivity contribution in [2.75, 3.05) is 0 Å². The molecular weight excluding hydrogens is 256 g/mol. The lowest BCUT2D eigenvalue weighted by Crippen LogP contribution is -2.32. The molecule has 0 aliphatic heterocycles. The Morgan fingerprint density at radius 3 is 3.00 bits per heavy atom. The zero-order valence-corrected chi connectivity index (χ0v) is 9.91. The van der Waals surface area contributed by atoms with E-state index < -0.39 is 0 Å². The Hall–Kier alpha value is -1.34. The molecule has 1 aromatic carbocycles. The second-order valence-electron chi connectivity index (χ2n) is 3.25. The molecule has 1 atom stereocenters. The fourth-order valence-corrected chi connectivity index (χ4v) is 1.52. The first kappa shape index (κ1) is 11.7. The van der Waals surface area contributed by atoms with Crippen LogP contribution in [0.15, 0.2) is 28.7 Å². The summed E-state index contributed by atoms with van der Waals surface area (Å²) in [6, 6.07) is 9.02. The Kier molecular flexibility index (Phi) is 4.32. The van der Waals surface area contributed by atoms with Gasteiger partial charge in [-0.05, 0) is 25.1 Å². The lowest BCUT2D eigenvalue weighted by Gasteiger charge is -2.10. The van der Waals surface area contributed by atoms with Crippen molar-refractivity contribution in [3.63, 3.8) is 0 Å². The van der Waals surface area contributed by atoms with Gasteiger partial charge in [-0.25, -0.2) is 0 Å². The van der Waals surface area contributed by atoms with Gasteiger partial charge in [0.25, 0.3) is 5.91 Å². The van der Waals surface area contributed by atoms with Crippen LogP contribution >= 0.6 is 15.9 Å². The van der Waals surface area contributed by atoms with Gasteiger partial charge in [-0.3, -0.25) is 4.79 Å². The molecule has 0 bridgehead atoms. The normalized spacial score (nSPS) is 11.5. The molecule has 0 spiro atoms. The minimum absolute atomic E-state index is 0.124. The van der Waals surface area contributed by atoms with E-state index in [1.807, 2.05) is 12.1 Å². The molecule has 1 N–H and O–H groups in total. The molecule has 0 aromatic heterocycles. The molecule has 0 aliphatic carbocycles. The van der Waals surface area contributed by atoms with Gasteiger partial charge in [-0.1, -0.05) is 22.0 Å². The molecular formula is C11H11BrN2O. The van der Waals surface area contributed by atoms with Crippen LogP contribution in [0.1, 0.15) is 23.7 Å². The van der Waals surface area contributed by atoms with Gasteiger partial charge < -0.3 is 5.32 Å². The van der Waals surface area contributed by atoms with Crippen LogP contribution in [0.4, 0.5) is 0 Å². The topological polar surface area (TPSA) is 52.9 Å². The molecule has 0 fully saturated rings. The SMILES string of the molecule is CC(CC#N)NC(=O)c1cccc(Br)c1. The third kappa shape index (κ3) is 3.72. The van der Waals surface area contributed by atoms with Gasteiger partial charge in [0.05, 0.1) is 12.5 Å². The number of benzene rings is 1. The van der Waals surface area contributed by atoms with E-state index in [0.29, 0.717) is 12.0 Å². The van der Waals surface area contributed by atoms with Crippen molar-refractivity contribution in [3.8, 4) is 6.07 Å². The number of rotatable bonds is 3. The van der Waals surface area contributed by atoms with E-state index in [-0.39, 0.29) is 11.9 Å². The summed E-state index contributed by atoms with van der Waals surface area (Å²) in [6.07, 6.45) is 0.319. The van der Waals surface area contributed by atoms with Crippen LogP contribution in [0.25, 0.3) is 0 Å². The third-order valence-electron chi connectivity index (χ3n) is 1.86. The average molecular weight is 267 g/mol. The van der Waals surface area contributed by atoms with E-state index in [2.05, 4.69) is 21.2 Å². The molecule has 1 rings (SSSR count). The maximum absolute atomic E-state index is 11.6. The quantitative estimate of drug-likeness (QED) is 0.914. The van der Waals surface area contributed by atoms with Crippen LogP contribution in [0.3, 0.4) is 0 Å². The lowest BCUT2D eigenvalue weighted by molar-refractivity contribution is 0.0941. The zero-order chi connectivity index (χ0) is 11.3. The largest absolute Gasteiger partial charge is 0.349 e. The Labute approximate surface area is 97.2 Å². The minimum Gasteiger partial charge on any atom is -0.349 e. The van der Waals surface area contributed by atoms with E-state index in [4.69, 9.17) is 5.26 Å². The summed E-state index contributed by atoms with van der Waals surface area (Å²) >= 11 is 3.30. The number of halogens is 1. The van der Waals surface area contributed by atoms with E-state index >= 15 is 0 Å². The lowest BCUT2D eigenvalue weighted by atomic mass is 10.2. The molecule has 4 heteroatoms. The van der Waals surface area contributed by atoms with Gasteiger partial charge in [0.2, 0.25) is 0 Å². The van der Waals surface area contributed by atoms with Crippen LogP contribution in [0.2, 0.25) is 0 Å². The number of nitrogens with zero attached hydrogens (tertiary/aromatic N) is 1. The van der Waals surface area contributed by atoms with Crippen molar-refractivity contribution >= 4 is 21.8 Å². The summed E-state index contributed by atoms with van der Waals surface area (Å²) in [5, 5.41) is 11.2. The number of hydrogen-bond acceptors (Lipinski definition) is 2. The van der Waals surface area contributed by atoms with Gasteiger partial charge in [0.1, 0.15) is 0 Å². The predicted molar refractivity (Wildman–Crippen MR) is 61.3 cm³/mol. The number of carbonyl (C=O) groups excluding carboxylic acids is 1. The Morgan fingerprint density at radius 2 is 2.40 bits per heavy atom. The second kappa shape index (κ2) is 5.52. The number of hydrogen-bond donors (Lipinski definition) is 1. The summed E-state index contributed by atoms with van der Waals surface area (Å²) in [6.45, 7) is 1.80. The highest BCUT2D eigenvalue weighted by Gasteiger charge is 2.09. The van der Waals surface area contributed by atoms with Gasteiger partial charge in [-0.15, -0.1) is 0 Å². The molecule has 0 radical (unpaired) electrons. The van der Waals surface area contributed by atoms with Crippen molar-refractivity contribution in [1.29, 1.82) is 5.26 Å². The Morgan fingerprint density at radius 1 is 1.67 bits per heavy atom. The molecule has 15 heavy (non-hydrogen) atoms. The highest BCUT2D eigenvalue weighted by Crippen LogP contribution is 2.11. The summed E-state index contributed by atoms with van der Waals surface area (Å²) < 4.78 is 0.864. The number of carbonyl (C=O) groups is 1. The average Bonchev–Trinajstić information content (AvgIpc) is 2.18. The summed E-state index contributed by atoms with van der Waals surface area (Å²) in [4.78, 5) is 11.6. The Balaban J connectivity index is 2.66. The van der Waals surface area contributed by atoms with Crippen molar-refractivity contribution in [3.05, 3.63) is 34.3 Å². The van der Waals surface area contributed by atoms with Crippen LogP contribution in [0, 0.1) is 11.3 Å². The molecule has 3 nitrogen and oxygen atoms in total. The molecule has 0 aliphatic rings. The first-order chi connectivity index (χ1) is 7.13. The minimum atomic E-state index is -0.154. The molecule has 0 saturated heterocycles. The van der Waals surface area contributed by atoms with Crippen LogP contribution < -0.4 is 5.32 Å². The molecule has 0 saturated carbocycles. The van der Waals surface area contributed by atoms with E-state index in [9.17, 15) is 4.79 Å². The fourth-order valence-electron chi connectivity index (χ4n) is 1.12. The van der Waals surface area contributed by atoms with E-state index in [1.165, 1.54) is 0 Å². The Bertz CT molecular complexity index is 398. The van der Waals surface area contributed by atoms with E-state index in [1.54, 1.807) is 25.1 Å². The van der Waals surface area contributed by atoms with Crippen LogP contribution in [-0.2, 0) is 0 Å². The monoisotopic (exact) mass is 266 g/mol. The number of nitriles is 1. The molecule has 1 aromatic rings. The summed E-state index contributed by atoms with van der Waals surface area (Å²) in [5.74, 6) is -0.154. The molecule has 78 valence electrons. The molecule has 1 unspecified atom stereocenters. The van der Waals surface area contributed by atoms with Crippen LogP contribution in [0.5, 0.6) is 0 Å². The first-order valence-corrected chi connectivity index (χ1v) is 5.36. The van der Waals surface area contributed by atoms with Crippen LogP contribution in [-0.4, -0.2) is 11.9 Å². The van der Waals surface area contributed by atoms with Crippen molar-refractivity contribution in [2.45, 2.75) is 19.4 Å². The zero-order valence-electron chi connectivity index (χ0n) is 8.33. The van der Waals surface area contributed by atoms with Gasteiger partial charge in [0.15, 0.2) is 0 Å². The van der Waals surface area contributed by atoms with Gasteiger partial charge in [0, 0.05) is 16.1 Å². The fraction of sp³-hybridized carbons (Fsp3) is 0.273. The summed E-state index contributed by atoms with van der Waals surface area (Å²) in [7, 11) is 0. The predicted octanol–water partition coefficient (Wildman–Crippen LogP) is 2.48.